The van der Waals surface area contributed by atoms with E-state index in [1.54, 1.807) is 6.08 Å². The summed E-state index contributed by atoms with van der Waals surface area (Å²) in [5.41, 5.74) is 0. The number of unbranched alkanes of at least 4 members (excludes halogenated alkanes) is 41. The third kappa shape index (κ3) is 41.9. The van der Waals surface area contributed by atoms with Crippen LogP contribution in [-0.4, -0.2) is 140 Å². The van der Waals surface area contributed by atoms with Crippen LogP contribution in [0.5, 0.6) is 0 Å². The summed E-state index contributed by atoms with van der Waals surface area (Å²) in [5, 5.41) is 87.3. The second-order valence-corrected chi connectivity index (χ2v) is 25.7. The molecule has 2 heterocycles. The molecule has 0 aliphatic carbocycles. The molecule has 2 aliphatic heterocycles. The zero-order chi connectivity index (χ0) is 63.1. The maximum Gasteiger partial charge on any atom is 0.220 e. The standard InChI is InChI=1S/C73H135NO13/c1-3-5-7-9-11-13-15-17-19-20-21-22-23-24-25-26-27-28-29-30-31-32-33-34-35-36-37-38-39-40-41-42-43-45-47-49-51-53-55-57-65(78)74-61(62(77)56-54-52-50-48-46-44-18-16-14-12-10-8-6-4-2)60-84-72-70(83)68(81)71(64(59-76)86-72)87-73-69(82)67(80)66(79)63(58-75)85-73/h15,17,20-21,23-24,54,56,61-64,66-73,75-77,79-83H,3-14,16,18-19,22,25-53,55,57-60H2,1-2H3,(H,74,78)/b17-15-,21-20-,24-23-,56-54+. The number of carbonyl (C=O) groups is 1. The van der Waals surface area contributed by atoms with Crippen molar-refractivity contribution in [2.45, 2.75) is 389 Å². The first-order valence-electron chi connectivity index (χ1n) is 36.4. The average Bonchev–Trinajstić information content (AvgIpc) is 2.05. The highest BCUT2D eigenvalue weighted by molar-refractivity contribution is 5.76. The van der Waals surface area contributed by atoms with E-state index in [2.05, 4.69) is 55.6 Å². The van der Waals surface area contributed by atoms with E-state index in [0.717, 1.165) is 51.4 Å². The topological polar surface area (TPSA) is 228 Å². The molecule has 0 aromatic rings. The van der Waals surface area contributed by atoms with E-state index >= 15 is 0 Å². The Morgan fingerprint density at radius 1 is 0.414 bits per heavy atom. The lowest BCUT2D eigenvalue weighted by atomic mass is 9.97. The van der Waals surface area contributed by atoms with Gasteiger partial charge in [0.1, 0.15) is 48.8 Å². The Bertz CT molecular complexity index is 1640. The molecule has 1 amide bonds. The van der Waals surface area contributed by atoms with Gasteiger partial charge in [-0.2, -0.15) is 0 Å². The molecular formula is C73H135NO13. The van der Waals surface area contributed by atoms with Crippen molar-refractivity contribution < 1.29 is 64.6 Å². The SMILES string of the molecule is CCCCCCC/C=C\C/C=C\C/C=C\CCCCCCCCCCCCCCCCCCCCCCCCCCC(=O)NC(COC1OC(CO)C(OC2OC(CO)C(O)C(O)C2O)C(O)C1O)C(O)/C=C/CCCCCCCCCCCCCC. The van der Waals surface area contributed by atoms with Crippen molar-refractivity contribution in [2.75, 3.05) is 19.8 Å². The third-order valence-corrected chi connectivity index (χ3v) is 17.8. The maximum absolute atomic E-state index is 13.3. The summed E-state index contributed by atoms with van der Waals surface area (Å²) in [7, 11) is 0. The Morgan fingerprint density at radius 2 is 0.759 bits per heavy atom. The zero-order valence-electron chi connectivity index (χ0n) is 55.5. The van der Waals surface area contributed by atoms with Crippen LogP contribution in [0.3, 0.4) is 0 Å². The van der Waals surface area contributed by atoms with Gasteiger partial charge in [0.25, 0.3) is 0 Å². The van der Waals surface area contributed by atoms with Crippen LogP contribution in [0.2, 0.25) is 0 Å². The van der Waals surface area contributed by atoms with E-state index in [1.165, 1.54) is 238 Å². The van der Waals surface area contributed by atoms with Crippen molar-refractivity contribution >= 4 is 5.91 Å². The van der Waals surface area contributed by atoms with Crippen molar-refractivity contribution in [1.29, 1.82) is 0 Å². The van der Waals surface area contributed by atoms with Gasteiger partial charge >= 0.3 is 0 Å². The fourth-order valence-electron chi connectivity index (χ4n) is 11.9. The second-order valence-electron chi connectivity index (χ2n) is 25.7. The summed E-state index contributed by atoms with van der Waals surface area (Å²) in [4.78, 5) is 13.3. The molecule has 0 aromatic carbocycles. The minimum absolute atomic E-state index is 0.235. The first-order valence-corrected chi connectivity index (χ1v) is 36.4. The molecule has 12 atom stereocenters. The number of ether oxygens (including phenoxy) is 4. The van der Waals surface area contributed by atoms with Gasteiger partial charge in [0.15, 0.2) is 12.6 Å². The Kier molecular flexibility index (Phi) is 53.9. The van der Waals surface area contributed by atoms with Crippen molar-refractivity contribution in [3.8, 4) is 0 Å². The van der Waals surface area contributed by atoms with Crippen LogP contribution < -0.4 is 5.32 Å². The van der Waals surface area contributed by atoms with Crippen LogP contribution in [0.1, 0.15) is 316 Å². The van der Waals surface area contributed by atoms with Gasteiger partial charge in [-0.15, -0.1) is 0 Å². The molecule has 0 saturated carbocycles. The number of aliphatic hydroxyl groups excluding tert-OH is 8. The van der Waals surface area contributed by atoms with Crippen molar-refractivity contribution in [3.05, 3.63) is 48.6 Å². The van der Waals surface area contributed by atoms with Gasteiger partial charge in [0.05, 0.1) is 32.0 Å². The van der Waals surface area contributed by atoms with Gasteiger partial charge in [0, 0.05) is 6.42 Å². The molecule has 87 heavy (non-hydrogen) atoms. The van der Waals surface area contributed by atoms with Gasteiger partial charge < -0.3 is 65.1 Å². The number of hydrogen-bond acceptors (Lipinski definition) is 13. The molecule has 510 valence electrons. The molecule has 14 heteroatoms. The normalized spacial score (nSPS) is 23.5. The van der Waals surface area contributed by atoms with Crippen LogP contribution in [0.4, 0.5) is 0 Å². The number of aliphatic hydroxyl groups is 8. The molecule has 0 aromatic heterocycles. The minimum Gasteiger partial charge on any atom is -0.394 e. The molecular weight excluding hydrogens is 1100 g/mol. The molecule has 2 rings (SSSR count). The molecule has 2 aliphatic rings. The smallest absolute Gasteiger partial charge is 0.220 e. The number of hydrogen-bond donors (Lipinski definition) is 9. The average molecular weight is 1230 g/mol. The molecule has 9 N–H and O–H groups in total. The molecule has 2 fully saturated rings. The van der Waals surface area contributed by atoms with Crippen LogP contribution in [0, 0.1) is 0 Å². The Morgan fingerprint density at radius 3 is 1.16 bits per heavy atom. The number of allylic oxidation sites excluding steroid dienone is 7. The molecule has 0 bridgehead atoms. The molecule has 0 spiro atoms. The lowest BCUT2D eigenvalue weighted by molar-refractivity contribution is -0.359. The predicted molar refractivity (Wildman–Crippen MR) is 355 cm³/mol. The van der Waals surface area contributed by atoms with E-state index in [-0.39, 0.29) is 18.9 Å². The van der Waals surface area contributed by atoms with Crippen molar-refractivity contribution in [1.82, 2.24) is 5.32 Å². The number of carbonyl (C=O) groups excluding carboxylic acids is 1. The summed E-state index contributed by atoms with van der Waals surface area (Å²) in [5.74, 6) is -0.235. The molecule has 0 radical (unpaired) electrons. The Balaban J connectivity index is 1.55. The first kappa shape index (κ1) is 81.0. The summed E-state index contributed by atoms with van der Waals surface area (Å²) in [6, 6.07) is -0.913. The van der Waals surface area contributed by atoms with Crippen LogP contribution >= 0.6 is 0 Å². The number of nitrogens with one attached hydrogen (secondary N) is 1. The molecule has 2 saturated heterocycles. The zero-order valence-corrected chi connectivity index (χ0v) is 55.5. The number of amides is 1. The summed E-state index contributed by atoms with van der Waals surface area (Å²) < 4.78 is 22.8. The van der Waals surface area contributed by atoms with Gasteiger partial charge in [-0.1, -0.05) is 300 Å². The Hall–Kier alpha value is -2.05. The predicted octanol–water partition coefficient (Wildman–Crippen LogP) is 15.1. The van der Waals surface area contributed by atoms with Crippen LogP contribution in [-0.2, 0) is 23.7 Å². The van der Waals surface area contributed by atoms with Gasteiger partial charge in [-0.3, -0.25) is 4.79 Å². The maximum atomic E-state index is 13.3. The lowest BCUT2D eigenvalue weighted by Crippen LogP contribution is -2.65. The van der Waals surface area contributed by atoms with Crippen molar-refractivity contribution in [2.24, 2.45) is 0 Å². The van der Waals surface area contributed by atoms with Gasteiger partial charge in [-0.25, -0.2) is 0 Å². The highest BCUT2D eigenvalue weighted by atomic mass is 16.7. The summed E-state index contributed by atoms with van der Waals surface area (Å²) >= 11 is 0. The quantitative estimate of drug-likeness (QED) is 0.0204. The second kappa shape index (κ2) is 57.8. The van der Waals surface area contributed by atoms with E-state index in [9.17, 15) is 45.6 Å². The highest BCUT2D eigenvalue weighted by Crippen LogP contribution is 2.30. The number of rotatable bonds is 60. The van der Waals surface area contributed by atoms with Gasteiger partial charge in [-0.05, 0) is 57.8 Å². The van der Waals surface area contributed by atoms with E-state index in [4.69, 9.17) is 18.9 Å². The monoisotopic (exact) mass is 1230 g/mol. The fraction of sp³-hybridized carbons (Fsp3) is 0.877. The van der Waals surface area contributed by atoms with E-state index in [0.29, 0.717) is 6.42 Å². The molecule has 14 nitrogen and oxygen atoms in total. The van der Waals surface area contributed by atoms with Crippen molar-refractivity contribution in [3.63, 3.8) is 0 Å². The van der Waals surface area contributed by atoms with Gasteiger partial charge in [0.2, 0.25) is 5.91 Å². The van der Waals surface area contributed by atoms with Crippen LogP contribution in [0.15, 0.2) is 48.6 Å². The largest absolute Gasteiger partial charge is 0.394 e. The minimum atomic E-state index is -1.79. The molecule has 12 unspecified atom stereocenters. The Labute approximate surface area is 531 Å². The first-order chi connectivity index (χ1) is 42.6. The lowest BCUT2D eigenvalue weighted by Gasteiger charge is -2.46. The van der Waals surface area contributed by atoms with Crippen LogP contribution in [0.25, 0.3) is 0 Å². The summed E-state index contributed by atoms with van der Waals surface area (Å²) in [6.07, 6.45) is 59.1. The summed E-state index contributed by atoms with van der Waals surface area (Å²) in [6.45, 7) is 2.81. The fourth-order valence-corrected chi connectivity index (χ4v) is 11.9. The van der Waals surface area contributed by atoms with E-state index in [1.807, 2.05) is 6.08 Å². The third-order valence-electron chi connectivity index (χ3n) is 17.8. The highest BCUT2D eigenvalue weighted by Gasteiger charge is 2.51. The van der Waals surface area contributed by atoms with E-state index < -0.39 is 86.8 Å².